The number of aromatic amines is 2. The van der Waals surface area contributed by atoms with Crippen LogP contribution in [0.15, 0.2) is 41.6 Å². The Labute approximate surface area is 119 Å². The Morgan fingerprint density at radius 3 is 2.90 bits per heavy atom. The maximum atomic E-state index is 12.4. The average molecular weight is 283 g/mol. The molecule has 3 rings (SSSR count). The summed E-state index contributed by atoms with van der Waals surface area (Å²) in [5.74, 6) is 0.196. The van der Waals surface area contributed by atoms with Crippen LogP contribution in [0, 0.1) is 0 Å². The molecule has 0 aliphatic rings. The van der Waals surface area contributed by atoms with E-state index in [0.29, 0.717) is 16.7 Å². The van der Waals surface area contributed by atoms with Gasteiger partial charge in [0, 0.05) is 24.1 Å². The fraction of sp³-hybridized carbons (Fsp3) is 0.143. The molecular formula is C14H13N5O2. The van der Waals surface area contributed by atoms with E-state index in [1.165, 1.54) is 17.4 Å². The second-order valence-corrected chi connectivity index (χ2v) is 4.67. The number of aromatic nitrogens is 4. The first-order valence-electron chi connectivity index (χ1n) is 6.37. The predicted molar refractivity (Wildman–Crippen MR) is 76.7 cm³/mol. The van der Waals surface area contributed by atoms with Gasteiger partial charge in [0.1, 0.15) is 17.7 Å². The Hall–Kier alpha value is -2.96. The van der Waals surface area contributed by atoms with E-state index in [9.17, 15) is 9.59 Å². The Bertz CT molecular complexity index is 838. The van der Waals surface area contributed by atoms with Crippen molar-refractivity contribution in [3.05, 3.63) is 58.4 Å². The lowest BCUT2D eigenvalue weighted by Gasteiger charge is -2.15. The van der Waals surface area contributed by atoms with Crippen molar-refractivity contribution in [1.29, 1.82) is 0 Å². The van der Waals surface area contributed by atoms with E-state index < -0.39 is 0 Å². The van der Waals surface area contributed by atoms with Gasteiger partial charge in [-0.2, -0.15) is 5.10 Å². The number of carbonyl (C=O) groups is 1. The molecule has 0 aliphatic heterocycles. The normalized spacial score (nSPS) is 10.7. The second kappa shape index (κ2) is 5.20. The quantitative estimate of drug-likeness (QED) is 0.747. The van der Waals surface area contributed by atoms with Crippen LogP contribution >= 0.6 is 0 Å². The van der Waals surface area contributed by atoms with Crippen molar-refractivity contribution in [3.8, 4) is 0 Å². The Kier molecular flexibility index (Phi) is 3.23. The van der Waals surface area contributed by atoms with Gasteiger partial charge in [0.05, 0.1) is 6.54 Å². The highest BCUT2D eigenvalue weighted by Crippen LogP contribution is 2.09. The molecule has 0 fully saturated rings. The third-order valence-corrected chi connectivity index (χ3v) is 3.22. The van der Waals surface area contributed by atoms with Gasteiger partial charge in [-0.25, -0.2) is 4.98 Å². The highest BCUT2D eigenvalue weighted by molar-refractivity contribution is 5.96. The van der Waals surface area contributed by atoms with Crippen LogP contribution in [0.1, 0.15) is 16.2 Å². The van der Waals surface area contributed by atoms with Gasteiger partial charge < -0.3 is 9.88 Å². The highest BCUT2D eigenvalue weighted by atomic mass is 16.2. The lowest BCUT2D eigenvalue weighted by molar-refractivity contribution is 0.0780. The summed E-state index contributed by atoms with van der Waals surface area (Å²) in [4.78, 5) is 33.1. The fourth-order valence-electron chi connectivity index (χ4n) is 2.14. The number of amides is 1. The van der Waals surface area contributed by atoms with Crippen molar-refractivity contribution in [2.24, 2.45) is 0 Å². The number of hydrogen-bond acceptors (Lipinski definition) is 4. The molecule has 0 radical (unpaired) electrons. The Morgan fingerprint density at radius 1 is 1.33 bits per heavy atom. The topological polar surface area (TPSA) is 94.7 Å². The fourth-order valence-corrected chi connectivity index (χ4v) is 2.14. The van der Waals surface area contributed by atoms with Crippen molar-refractivity contribution in [2.45, 2.75) is 6.54 Å². The molecule has 2 heterocycles. The largest absolute Gasteiger partial charge is 0.360 e. The summed E-state index contributed by atoms with van der Waals surface area (Å²) in [5, 5.41) is 6.90. The molecule has 21 heavy (non-hydrogen) atoms. The lowest BCUT2D eigenvalue weighted by Crippen LogP contribution is -2.31. The molecule has 3 aromatic rings. The van der Waals surface area contributed by atoms with Crippen molar-refractivity contribution < 1.29 is 4.79 Å². The molecule has 0 aliphatic carbocycles. The van der Waals surface area contributed by atoms with Gasteiger partial charge in [-0.1, -0.05) is 12.1 Å². The summed E-state index contributed by atoms with van der Waals surface area (Å²) in [7, 11) is 1.61. The molecular weight excluding hydrogens is 270 g/mol. The zero-order valence-corrected chi connectivity index (χ0v) is 11.3. The molecule has 0 atom stereocenters. The number of rotatable bonds is 3. The molecule has 7 heteroatoms. The van der Waals surface area contributed by atoms with Crippen LogP contribution in [0.3, 0.4) is 0 Å². The Morgan fingerprint density at radius 2 is 2.14 bits per heavy atom. The number of hydrogen-bond donors (Lipinski definition) is 2. The predicted octanol–water partition coefficient (Wildman–Crippen LogP) is 0.918. The number of nitrogens with one attached hydrogen (secondary N) is 2. The molecule has 7 nitrogen and oxygen atoms in total. The smallest absolute Gasteiger partial charge is 0.259 e. The van der Waals surface area contributed by atoms with Crippen LogP contribution in [0.2, 0.25) is 0 Å². The first-order valence-corrected chi connectivity index (χ1v) is 6.37. The van der Waals surface area contributed by atoms with E-state index in [1.807, 2.05) is 6.07 Å². The summed E-state index contributed by atoms with van der Waals surface area (Å²) < 4.78 is 0. The van der Waals surface area contributed by atoms with Crippen molar-refractivity contribution in [1.82, 2.24) is 25.1 Å². The van der Waals surface area contributed by atoms with E-state index in [-0.39, 0.29) is 23.4 Å². The lowest BCUT2D eigenvalue weighted by atomic mass is 10.1. The van der Waals surface area contributed by atoms with Crippen LogP contribution in [-0.2, 0) is 6.54 Å². The molecule has 106 valence electrons. The van der Waals surface area contributed by atoms with E-state index in [4.69, 9.17) is 0 Å². The van der Waals surface area contributed by atoms with Gasteiger partial charge in [-0.05, 0) is 12.1 Å². The summed E-state index contributed by atoms with van der Waals surface area (Å²) in [6.45, 7) is 0.255. The summed E-state index contributed by atoms with van der Waals surface area (Å²) >= 11 is 0. The van der Waals surface area contributed by atoms with Crippen molar-refractivity contribution in [2.75, 3.05) is 7.05 Å². The molecule has 0 spiro atoms. The number of benzene rings is 1. The standard InChI is InChI=1S/C14H13N5O2/c1-19(7-12-16-8-17-18-12)14(21)10-6-15-11-5-3-2-4-9(11)13(10)20/h2-6,8H,7H2,1H3,(H,15,20)(H,16,17,18). The summed E-state index contributed by atoms with van der Waals surface area (Å²) in [6.07, 6.45) is 2.82. The van der Waals surface area contributed by atoms with Crippen LogP contribution in [0.25, 0.3) is 10.9 Å². The van der Waals surface area contributed by atoms with Gasteiger partial charge in [-0.15, -0.1) is 0 Å². The molecule has 2 N–H and O–H groups in total. The zero-order chi connectivity index (χ0) is 14.8. The number of para-hydroxylation sites is 1. The molecule has 1 aromatic carbocycles. The minimum Gasteiger partial charge on any atom is -0.360 e. The number of fused-ring (bicyclic) bond motifs is 1. The number of pyridine rings is 1. The van der Waals surface area contributed by atoms with Gasteiger partial charge >= 0.3 is 0 Å². The highest BCUT2D eigenvalue weighted by Gasteiger charge is 2.17. The van der Waals surface area contributed by atoms with Crippen molar-refractivity contribution in [3.63, 3.8) is 0 Å². The number of carbonyl (C=O) groups excluding carboxylic acids is 1. The minimum atomic E-state index is -0.363. The third-order valence-electron chi connectivity index (χ3n) is 3.22. The number of nitrogens with zero attached hydrogens (tertiary/aromatic N) is 3. The Balaban J connectivity index is 1.94. The van der Waals surface area contributed by atoms with Gasteiger partial charge in [0.15, 0.2) is 0 Å². The van der Waals surface area contributed by atoms with E-state index in [1.54, 1.807) is 25.2 Å². The van der Waals surface area contributed by atoms with Crippen molar-refractivity contribution >= 4 is 16.8 Å². The van der Waals surface area contributed by atoms with Crippen LogP contribution in [0.4, 0.5) is 0 Å². The van der Waals surface area contributed by atoms with Gasteiger partial charge in [0.2, 0.25) is 5.43 Å². The second-order valence-electron chi connectivity index (χ2n) is 4.67. The van der Waals surface area contributed by atoms with Crippen LogP contribution in [-0.4, -0.2) is 38.0 Å². The van der Waals surface area contributed by atoms with Crippen LogP contribution in [0.5, 0.6) is 0 Å². The number of H-pyrrole nitrogens is 2. The summed E-state index contributed by atoms with van der Waals surface area (Å²) in [5.41, 5.74) is 0.534. The first-order chi connectivity index (χ1) is 10.2. The third kappa shape index (κ3) is 2.40. The molecule has 0 saturated carbocycles. The maximum absolute atomic E-state index is 12.4. The average Bonchev–Trinajstić information content (AvgIpc) is 3.00. The summed E-state index contributed by atoms with van der Waals surface area (Å²) in [6, 6.07) is 7.09. The molecule has 0 unspecified atom stereocenters. The molecule has 0 saturated heterocycles. The first kappa shape index (κ1) is 13.0. The SMILES string of the molecule is CN(Cc1ncn[nH]1)C(=O)c1c[nH]c2ccccc2c1=O. The molecule has 2 aromatic heterocycles. The zero-order valence-electron chi connectivity index (χ0n) is 11.3. The maximum Gasteiger partial charge on any atom is 0.259 e. The van der Waals surface area contributed by atoms with Crippen LogP contribution < -0.4 is 5.43 Å². The van der Waals surface area contributed by atoms with E-state index in [2.05, 4.69) is 20.2 Å². The van der Waals surface area contributed by atoms with E-state index in [0.717, 1.165) is 0 Å². The molecule has 0 bridgehead atoms. The van der Waals surface area contributed by atoms with Gasteiger partial charge in [0.25, 0.3) is 5.91 Å². The minimum absolute atomic E-state index is 0.107. The van der Waals surface area contributed by atoms with Gasteiger partial charge in [-0.3, -0.25) is 14.7 Å². The molecule has 1 amide bonds. The van der Waals surface area contributed by atoms with E-state index >= 15 is 0 Å². The monoisotopic (exact) mass is 283 g/mol.